The van der Waals surface area contributed by atoms with Crippen LogP contribution in [0.25, 0.3) is 0 Å². The summed E-state index contributed by atoms with van der Waals surface area (Å²) in [5.74, 6) is 0. The fourth-order valence-corrected chi connectivity index (χ4v) is 3.34. The second-order valence-electron chi connectivity index (χ2n) is 5.87. The van der Waals surface area contributed by atoms with Gasteiger partial charge in [0.05, 0.1) is 16.4 Å². The predicted molar refractivity (Wildman–Crippen MR) is 82.2 cm³/mol. The van der Waals surface area contributed by atoms with Crippen molar-refractivity contribution in [2.45, 2.75) is 51.4 Å². The Morgan fingerprint density at radius 2 is 1.86 bits per heavy atom. The molecule has 2 rings (SSSR count). The number of nitrogens with zero attached hydrogens (tertiary/aromatic N) is 2. The molecule has 0 atom stereocenters. The summed E-state index contributed by atoms with van der Waals surface area (Å²) in [5.41, 5.74) is 0.154. The molecule has 1 aliphatic carbocycles. The van der Waals surface area contributed by atoms with Gasteiger partial charge in [0.15, 0.2) is 0 Å². The van der Waals surface area contributed by atoms with Crippen molar-refractivity contribution in [2.75, 3.05) is 0 Å². The fourth-order valence-electron chi connectivity index (χ4n) is 3.15. The third kappa shape index (κ3) is 3.95. The van der Waals surface area contributed by atoms with Crippen LogP contribution in [0.1, 0.15) is 50.5 Å². The predicted octanol–water partition coefficient (Wildman–Crippen LogP) is 5.04. The van der Waals surface area contributed by atoms with Gasteiger partial charge in [-0.05, 0) is 31.4 Å². The molecule has 21 heavy (non-hydrogen) atoms. The Labute approximate surface area is 129 Å². The maximum Gasteiger partial charge on any atom is 0.272 e. The van der Waals surface area contributed by atoms with Gasteiger partial charge in [-0.15, -0.1) is 0 Å². The normalized spacial score (nSPS) is 18.3. The van der Waals surface area contributed by atoms with Gasteiger partial charge in [-0.2, -0.15) is 5.26 Å². The molecule has 112 valence electrons. The highest BCUT2D eigenvalue weighted by Crippen LogP contribution is 2.39. The molecule has 0 heterocycles. The molecule has 0 aliphatic heterocycles. The number of nitro benzene ring substituents is 1. The van der Waals surface area contributed by atoms with Gasteiger partial charge in [0.25, 0.3) is 5.69 Å². The van der Waals surface area contributed by atoms with Gasteiger partial charge < -0.3 is 0 Å². The summed E-state index contributed by atoms with van der Waals surface area (Å²) in [7, 11) is 0. The lowest BCUT2D eigenvalue weighted by Gasteiger charge is -2.28. The van der Waals surface area contributed by atoms with Crippen molar-refractivity contribution in [1.82, 2.24) is 0 Å². The van der Waals surface area contributed by atoms with Crippen LogP contribution in [0.15, 0.2) is 18.2 Å². The maximum atomic E-state index is 11.2. The van der Waals surface area contributed by atoms with Crippen LogP contribution >= 0.6 is 11.6 Å². The first-order valence-corrected chi connectivity index (χ1v) is 7.78. The summed E-state index contributed by atoms with van der Waals surface area (Å²) in [6, 6.07) is 7.05. The lowest BCUT2D eigenvalue weighted by molar-refractivity contribution is -0.385. The number of rotatable bonds is 3. The van der Waals surface area contributed by atoms with Crippen molar-refractivity contribution in [2.24, 2.45) is 5.41 Å². The Bertz CT molecular complexity index is 558. The van der Waals surface area contributed by atoms with Crippen LogP contribution in [0.2, 0.25) is 5.02 Å². The van der Waals surface area contributed by atoms with Crippen LogP contribution in [-0.4, -0.2) is 4.92 Å². The Kier molecular flexibility index (Phi) is 5.19. The summed E-state index contributed by atoms with van der Waals surface area (Å²) in [6.45, 7) is 0. The fraction of sp³-hybridized carbons (Fsp3) is 0.562. The first-order chi connectivity index (χ1) is 10.1. The molecule has 1 aromatic rings. The Morgan fingerprint density at radius 3 is 2.43 bits per heavy atom. The second-order valence-corrected chi connectivity index (χ2v) is 6.30. The lowest BCUT2D eigenvalue weighted by atomic mass is 9.73. The van der Waals surface area contributed by atoms with Gasteiger partial charge in [0, 0.05) is 16.7 Å². The van der Waals surface area contributed by atoms with Gasteiger partial charge in [0.2, 0.25) is 0 Å². The minimum atomic E-state index is -0.490. The number of benzene rings is 1. The van der Waals surface area contributed by atoms with E-state index in [4.69, 9.17) is 11.6 Å². The first-order valence-electron chi connectivity index (χ1n) is 7.40. The Hall–Kier alpha value is -1.60. The van der Waals surface area contributed by atoms with Crippen LogP contribution < -0.4 is 0 Å². The van der Waals surface area contributed by atoms with Crippen LogP contribution in [0.4, 0.5) is 5.69 Å². The molecule has 0 radical (unpaired) electrons. The van der Waals surface area contributed by atoms with E-state index in [9.17, 15) is 15.4 Å². The van der Waals surface area contributed by atoms with E-state index >= 15 is 0 Å². The molecular weight excluding hydrogens is 288 g/mol. The highest BCUT2D eigenvalue weighted by molar-refractivity contribution is 6.30. The largest absolute Gasteiger partial charge is 0.272 e. The van der Waals surface area contributed by atoms with Crippen LogP contribution in [0, 0.1) is 26.9 Å². The van der Waals surface area contributed by atoms with E-state index in [-0.39, 0.29) is 10.6 Å². The van der Waals surface area contributed by atoms with E-state index in [1.54, 1.807) is 6.07 Å². The van der Waals surface area contributed by atoms with E-state index in [2.05, 4.69) is 6.07 Å². The van der Waals surface area contributed by atoms with Crippen LogP contribution in [-0.2, 0) is 6.42 Å². The number of hydrogen-bond donors (Lipinski definition) is 0. The average molecular weight is 307 g/mol. The molecule has 1 fully saturated rings. The second kappa shape index (κ2) is 6.91. The van der Waals surface area contributed by atoms with E-state index < -0.39 is 5.41 Å². The molecule has 0 unspecified atom stereocenters. The molecule has 0 amide bonds. The molecule has 0 bridgehead atoms. The standard InChI is InChI=1S/C16H19ClN2O2/c17-14-6-7-15(19(20)21)13(10-14)11-16(12-18)8-4-2-1-3-5-9-16/h6-7,10H,1-5,8-9,11H2. The Morgan fingerprint density at radius 1 is 1.24 bits per heavy atom. The molecular formula is C16H19ClN2O2. The van der Waals surface area contributed by atoms with Gasteiger partial charge >= 0.3 is 0 Å². The topological polar surface area (TPSA) is 66.9 Å². The number of hydrogen-bond acceptors (Lipinski definition) is 3. The van der Waals surface area contributed by atoms with Gasteiger partial charge in [-0.25, -0.2) is 0 Å². The minimum Gasteiger partial charge on any atom is -0.258 e. The van der Waals surface area contributed by atoms with Crippen molar-refractivity contribution in [3.05, 3.63) is 38.9 Å². The SMILES string of the molecule is N#CC1(Cc2cc(Cl)ccc2[N+](=O)[O-])CCCCCCC1. The van der Waals surface area contributed by atoms with Gasteiger partial charge in [0.1, 0.15) is 0 Å². The van der Waals surface area contributed by atoms with Crippen molar-refractivity contribution in [3.63, 3.8) is 0 Å². The lowest BCUT2D eigenvalue weighted by Crippen LogP contribution is -2.23. The van der Waals surface area contributed by atoms with Crippen LogP contribution in [0.5, 0.6) is 0 Å². The summed E-state index contributed by atoms with van der Waals surface area (Å²) in [5, 5.41) is 21.3. The van der Waals surface area contributed by atoms with Gasteiger partial charge in [-0.3, -0.25) is 10.1 Å². The first kappa shape index (κ1) is 15.8. The summed E-state index contributed by atoms with van der Waals surface area (Å²) >= 11 is 5.98. The zero-order valence-electron chi connectivity index (χ0n) is 12.0. The van der Waals surface area contributed by atoms with Crippen molar-refractivity contribution in [1.29, 1.82) is 5.26 Å². The molecule has 1 saturated carbocycles. The van der Waals surface area contributed by atoms with E-state index in [0.29, 0.717) is 17.0 Å². The molecule has 1 aromatic carbocycles. The zero-order valence-corrected chi connectivity index (χ0v) is 12.7. The van der Waals surface area contributed by atoms with Crippen molar-refractivity contribution in [3.8, 4) is 6.07 Å². The third-order valence-electron chi connectivity index (χ3n) is 4.31. The molecule has 4 nitrogen and oxygen atoms in total. The van der Waals surface area contributed by atoms with E-state index in [0.717, 1.165) is 38.5 Å². The van der Waals surface area contributed by atoms with Crippen LogP contribution in [0.3, 0.4) is 0 Å². The van der Waals surface area contributed by atoms with Crippen molar-refractivity contribution < 1.29 is 4.92 Å². The summed E-state index contributed by atoms with van der Waals surface area (Å²) in [6.07, 6.45) is 7.57. The smallest absolute Gasteiger partial charge is 0.258 e. The average Bonchev–Trinajstić information content (AvgIpc) is 2.42. The molecule has 0 saturated heterocycles. The molecule has 0 spiro atoms. The van der Waals surface area contributed by atoms with Gasteiger partial charge in [-0.1, -0.05) is 43.7 Å². The molecule has 1 aliphatic rings. The Balaban J connectivity index is 2.31. The quantitative estimate of drug-likeness (QED) is 0.580. The summed E-state index contributed by atoms with van der Waals surface area (Å²) < 4.78 is 0. The monoisotopic (exact) mass is 306 g/mol. The molecule has 5 heteroatoms. The minimum absolute atomic E-state index is 0.0658. The highest BCUT2D eigenvalue weighted by atomic mass is 35.5. The molecule has 0 N–H and O–H groups in total. The van der Waals surface area contributed by atoms with Crippen molar-refractivity contribution >= 4 is 17.3 Å². The zero-order chi connectivity index (χ0) is 15.3. The van der Waals surface area contributed by atoms with E-state index in [1.807, 2.05) is 0 Å². The summed E-state index contributed by atoms with van der Waals surface area (Å²) in [4.78, 5) is 10.8. The highest BCUT2D eigenvalue weighted by Gasteiger charge is 2.33. The number of halogens is 1. The maximum absolute atomic E-state index is 11.2. The number of nitro groups is 1. The molecule has 0 aromatic heterocycles. The number of nitriles is 1. The van der Waals surface area contributed by atoms with E-state index in [1.165, 1.54) is 18.6 Å². The third-order valence-corrected chi connectivity index (χ3v) is 4.55.